The minimum atomic E-state index is 0.156. The summed E-state index contributed by atoms with van der Waals surface area (Å²) in [6.45, 7) is 2.28. The Morgan fingerprint density at radius 3 is 2.95 bits per heavy atom. The van der Waals surface area contributed by atoms with Crippen LogP contribution in [-0.4, -0.2) is 12.1 Å². The second-order valence-corrected chi connectivity index (χ2v) is 5.38. The molecule has 0 bridgehead atoms. The molecule has 2 rings (SSSR count). The molecule has 4 nitrogen and oxygen atoms in total. The van der Waals surface area contributed by atoms with E-state index in [1.54, 1.807) is 13.3 Å². The summed E-state index contributed by atoms with van der Waals surface area (Å²) in [7, 11) is 1.69. The molecule has 106 valence electrons. The molecule has 3 unspecified atom stereocenters. The van der Waals surface area contributed by atoms with E-state index in [0.717, 1.165) is 17.2 Å². The smallest absolute Gasteiger partial charge is 0.141 e. The maximum atomic E-state index is 5.85. The number of aromatic nitrogens is 1. The number of nitrogens with zero attached hydrogens (tertiary/aromatic N) is 1. The van der Waals surface area contributed by atoms with E-state index in [-0.39, 0.29) is 6.04 Å². The van der Waals surface area contributed by atoms with Crippen molar-refractivity contribution in [2.24, 2.45) is 17.7 Å². The second-order valence-electron chi connectivity index (χ2n) is 5.38. The molecule has 3 N–H and O–H groups in total. The van der Waals surface area contributed by atoms with E-state index in [4.69, 9.17) is 10.6 Å². The van der Waals surface area contributed by atoms with Crippen LogP contribution in [0.25, 0.3) is 0 Å². The quantitative estimate of drug-likeness (QED) is 0.633. The molecular formula is C15H25N3O. The van der Waals surface area contributed by atoms with Crippen molar-refractivity contribution in [2.75, 3.05) is 7.11 Å². The third kappa shape index (κ3) is 3.07. The van der Waals surface area contributed by atoms with Gasteiger partial charge in [-0.1, -0.05) is 32.6 Å². The third-order valence-electron chi connectivity index (χ3n) is 4.47. The lowest BCUT2D eigenvalue weighted by atomic mass is 9.72. The van der Waals surface area contributed by atoms with Gasteiger partial charge in [0.2, 0.25) is 0 Å². The number of hydrogen-bond donors (Lipinski definition) is 2. The maximum absolute atomic E-state index is 5.85. The van der Waals surface area contributed by atoms with Crippen LogP contribution in [0.15, 0.2) is 18.5 Å². The highest BCUT2D eigenvalue weighted by atomic mass is 16.5. The Labute approximate surface area is 115 Å². The molecule has 1 aliphatic rings. The van der Waals surface area contributed by atoms with Crippen LogP contribution < -0.4 is 16.0 Å². The normalized spacial score (nSPS) is 25.0. The molecule has 1 saturated carbocycles. The first kappa shape index (κ1) is 14.3. The van der Waals surface area contributed by atoms with Crippen molar-refractivity contribution < 1.29 is 4.74 Å². The van der Waals surface area contributed by atoms with Crippen molar-refractivity contribution in [3.05, 3.63) is 24.0 Å². The lowest BCUT2D eigenvalue weighted by Gasteiger charge is -2.37. The summed E-state index contributed by atoms with van der Waals surface area (Å²) in [6.07, 6.45) is 9.99. The molecule has 1 aromatic rings. The van der Waals surface area contributed by atoms with Crippen LogP contribution in [0.5, 0.6) is 5.75 Å². The van der Waals surface area contributed by atoms with Crippen LogP contribution in [0, 0.1) is 11.8 Å². The molecule has 3 atom stereocenters. The number of pyridine rings is 1. The first-order chi connectivity index (χ1) is 9.31. The highest BCUT2D eigenvalue weighted by molar-refractivity contribution is 5.33. The summed E-state index contributed by atoms with van der Waals surface area (Å²) < 4.78 is 5.43. The first-order valence-electron chi connectivity index (χ1n) is 7.25. The van der Waals surface area contributed by atoms with E-state index in [2.05, 4.69) is 17.3 Å². The minimum absolute atomic E-state index is 0.156. The zero-order valence-corrected chi connectivity index (χ0v) is 11.9. The van der Waals surface area contributed by atoms with Gasteiger partial charge in [-0.3, -0.25) is 16.3 Å². The van der Waals surface area contributed by atoms with Crippen molar-refractivity contribution in [2.45, 2.75) is 45.1 Å². The van der Waals surface area contributed by atoms with Gasteiger partial charge in [0, 0.05) is 11.8 Å². The van der Waals surface area contributed by atoms with Gasteiger partial charge in [-0.2, -0.15) is 0 Å². The van der Waals surface area contributed by atoms with Crippen molar-refractivity contribution in [3.63, 3.8) is 0 Å². The van der Waals surface area contributed by atoms with E-state index < -0.39 is 0 Å². The first-order valence-corrected chi connectivity index (χ1v) is 7.25. The van der Waals surface area contributed by atoms with Gasteiger partial charge in [0.05, 0.1) is 19.3 Å². The number of hydrazine groups is 1. The Hall–Kier alpha value is -1.13. The zero-order chi connectivity index (χ0) is 13.7. The number of nitrogens with two attached hydrogens (primary N) is 1. The minimum Gasteiger partial charge on any atom is -0.495 e. The SMILES string of the molecule is CCC1CCCCC1C(NN)c1ccncc1OC. The summed E-state index contributed by atoms with van der Waals surface area (Å²) in [5, 5.41) is 0. The highest BCUT2D eigenvalue weighted by Crippen LogP contribution is 2.41. The van der Waals surface area contributed by atoms with Crippen LogP contribution in [0.2, 0.25) is 0 Å². The van der Waals surface area contributed by atoms with Crippen LogP contribution in [0.3, 0.4) is 0 Å². The van der Waals surface area contributed by atoms with E-state index in [0.29, 0.717) is 5.92 Å². The molecule has 4 heteroatoms. The van der Waals surface area contributed by atoms with Crippen molar-refractivity contribution >= 4 is 0 Å². The van der Waals surface area contributed by atoms with Crippen LogP contribution in [0.4, 0.5) is 0 Å². The average molecular weight is 263 g/mol. The number of rotatable bonds is 5. The van der Waals surface area contributed by atoms with Gasteiger partial charge in [0.15, 0.2) is 0 Å². The van der Waals surface area contributed by atoms with Crippen LogP contribution in [0.1, 0.15) is 50.6 Å². The molecular weight excluding hydrogens is 238 g/mol. The summed E-state index contributed by atoms with van der Waals surface area (Å²) in [4.78, 5) is 4.12. The third-order valence-corrected chi connectivity index (χ3v) is 4.47. The predicted molar refractivity (Wildman–Crippen MR) is 76.6 cm³/mol. The Kier molecular flexibility index (Phi) is 5.16. The van der Waals surface area contributed by atoms with Gasteiger partial charge in [0.1, 0.15) is 5.75 Å². The fourth-order valence-corrected chi connectivity index (χ4v) is 3.44. The molecule has 0 aromatic carbocycles. The Bertz CT molecular complexity index is 397. The van der Waals surface area contributed by atoms with E-state index in [9.17, 15) is 0 Å². The maximum Gasteiger partial charge on any atom is 0.141 e. The molecule has 0 saturated heterocycles. The highest BCUT2D eigenvalue weighted by Gasteiger charge is 2.32. The van der Waals surface area contributed by atoms with E-state index in [1.807, 2.05) is 12.3 Å². The van der Waals surface area contributed by atoms with Gasteiger partial charge in [-0.15, -0.1) is 0 Å². The van der Waals surface area contributed by atoms with E-state index >= 15 is 0 Å². The monoisotopic (exact) mass is 263 g/mol. The summed E-state index contributed by atoms with van der Waals surface area (Å²) in [5.74, 6) is 8.00. The standard InChI is InChI=1S/C15H25N3O/c1-3-11-6-4-5-7-12(11)15(18-16)13-8-9-17-10-14(13)19-2/h8-12,15,18H,3-7,16H2,1-2H3. The topological polar surface area (TPSA) is 60.2 Å². The molecule has 19 heavy (non-hydrogen) atoms. The van der Waals surface area contributed by atoms with Gasteiger partial charge >= 0.3 is 0 Å². The van der Waals surface area contributed by atoms with Crippen molar-refractivity contribution in [3.8, 4) is 5.75 Å². The Morgan fingerprint density at radius 2 is 2.26 bits per heavy atom. The largest absolute Gasteiger partial charge is 0.495 e. The van der Waals surface area contributed by atoms with Gasteiger partial charge in [-0.25, -0.2) is 0 Å². The number of methoxy groups -OCH3 is 1. The van der Waals surface area contributed by atoms with Crippen LogP contribution in [-0.2, 0) is 0 Å². The van der Waals surface area contributed by atoms with Crippen LogP contribution >= 0.6 is 0 Å². The Morgan fingerprint density at radius 1 is 1.47 bits per heavy atom. The fourth-order valence-electron chi connectivity index (χ4n) is 3.44. The molecule has 1 heterocycles. The molecule has 0 amide bonds. The molecule has 1 aromatic heterocycles. The van der Waals surface area contributed by atoms with Gasteiger partial charge < -0.3 is 4.74 Å². The molecule has 1 fully saturated rings. The number of nitrogens with one attached hydrogen (secondary N) is 1. The summed E-state index contributed by atoms with van der Waals surface area (Å²) in [5.41, 5.74) is 4.15. The van der Waals surface area contributed by atoms with Crippen molar-refractivity contribution in [1.82, 2.24) is 10.4 Å². The fraction of sp³-hybridized carbons (Fsp3) is 0.667. The predicted octanol–water partition coefficient (Wildman–Crippen LogP) is 2.81. The molecule has 0 radical (unpaired) electrons. The number of ether oxygens (including phenoxy) is 1. The second kappa shape index (κ2) is 6.87. The number of hydrogen-bond acceptors (Lipinski definition) is 4. The summed E-state index contributed by atoms with van der Waals surface area (Å²) in [6, 6.07) is 2.17. The lowest BCUT2D eigenvalue weighted by molar-refractivity contribution is 0.174. The van der Waals surface area contributed by atoms with Crippen molar-refractivity contribution in [1.29, 1.82) is 0 Å². The molecule has 0 aliphatic heterocycles. The zero-order valence-electron chi connectivity index (χ0n) is 11.9. The lowest BCUT2D eigenvalue weighted by Crippen LogP contribution is -2.38. The van der Waals surface area contributed by atoms with Gasteiger partial charge in [0.25, 0.3) is 0 Å². The molecule has 0 spiro atoms. The molecule has 1 aliphatic carbocycles. The van der Waals surface area contributed by atoms with E-state index in [1.165, 1.54) is 32.1 Å². The average Bonchev–Trinajstić information content (AvgIpc) is 2.49. The summed E-state index contributed by atoms with van der Waals surface area (Å²) >= 11 is 0. The van der Waals surface area contributed by atoms with Gasteiger partial charge in [-0.05, 0) is 24.3 Å². The Balaban J connectivity index is 2.27.